The lowest BCUT2D eigenvalue weighted by atomic mass is 10.2. The molecule has 0 radical (unpaired) electrons. The van der Waals surface area contributed by atoms with Gasteiger partial charge in [0.1, 0.15) is 5.52 Å². The minimum atomic E-state index is 0.647. The number of fused-ring (bicyclic) bond motifs is 2. The lowest BCUT2D eigenvalue weighted by molar-refractivity contribution is 0.697. The number of benzene rings is 2. The Kier molecular flexibility index (Phi) is 3.05. The van der Waals surface area contributed by atoms with E-state index in [1.807, 2.05) is 60.1 Å². The van der Waals surface area contributed by atoms with Crippen molar-refractivity contribution in [3.8, 4) is 0 Å². The summed E-state index contributed by atoms with van der Waals surface area (Å²) in [6.07, 6.45) is 0. The normalized spacial score (nSPS) is 11.4. The van der Waals surface area contributed by atoms with E-state index in [0.29, 0.717) is 6.54 Å². The fourth-order valence-electron chi connectivity index (χ4n) is 2.56. The minimum Gasteiger partial charge on any atom is -0.241 e. The Morgan fingerprint density at radius 1 is 0.955 bits per heavy atom. The minimum absolute atomic E-state index is 0.647. The molecule has 0 saturated heterocycles. The van der Waals surface area contributed by atoms with Gasteiger partial charge in [-0.15, -0.1) is 0 Å². The second-order valence-electron chi connectivity index (χ2n) is 5.25. The highest BCUT2D eigenvalue weighted by atomic mass is 35.5. The molecule has 2 heterocycles. The Bertz CT molecular complexity index is 973. The second-order valence-corrected chi connectivity index (χ2v) is 5.69. The summed E-state index contributed by atoms with van der Waals surface area (Å²) < 4.78 is 1.90. The first-order valence-corrected chi connectivity index (χ1v) is 7.43. The predicted octanol–water partition coefficient (Wildman–Crippen LogP) is 3.99. The number of para-hydroxylation sites is 2. The van der Waals surface area contributed by atoms with Crippen molar-refractivity contribution in [2.75, 3.05) is 0 Å². The van der Waals surface area contributed by atoms with Crippen molar-refractivity contribution in [3.63, 3.8) is 0 Å². The number of hydrogen-bond acceptors (Lipinski definition) is 3. The smallest absolute Gasteiger partial charge is 0.178 e. The lowest BCUT2D eigenvalue weighted by Crippen LogP contribution is -2.03. The summed E-state index contributed by atoms with van der Waals surface area (Å²) in [4.78, 5) is 9.41. The molecule has 0 N–H and O–H groups in total. The van der Waals surface area contributed by atoms with Crippen LogP contribution in [0.1, 0.15) is 11.3 Å². The van der Waals surface area contributed by atoms with Crippen LogP contribution in [-0.4, -0.2) is 19.7 Å². The molecule has 0 spiro atoms. The zero-order valence-electron chi connectivity index (χ0n) is 12.0. The molecule has 0 bridgehead atoms. The molecule has 2 aromatic heterocycles. The summed E-state index contributed by atoms with van der Waals surface area (Å²) >= 11 is 5.93. The summed E-state index contributed by atoms with van der Waals surface area (Å²) in [5.41, 5.74) is 5.46. The van der Waals surface area contributed by atoms with Gasteiger partial charge in [-0.3, -0.25) is 0 Å². The van der Waals surface area contributed by atoms with Gasteiger partial charge in [0.15, 0.2) is 5.65 Å². The van der Waals surface area contributed by atoms with E-state index in [2.05, 4.69) is 10.1 Å². The molecule has 0 aliphatic carbocycles. The average Bonchev–Trinajstić information content (AvgIpc) is 2.83. The number of rotatable bonds is 2. The molecule has 5 heteroatoms. The molecule has 0 aliphatic heterocycles. The van der Waals surface area contributed by atoms with Crippen molar-refractivity contribution >= 4 is 33.8 Å². The Labute approximate surface area is 132 Å². The fourth-order valence-corrected chi connectivity index (χ4v) is 2.69. The maximum absolute atomic E-state index is 5.93. The largest absolute Gasteiger partial charge is 0.241 e. The fraction of sp³-hybridized carbons (Fsp3) is 0.118. The van der Waals surface area contributed by atoms with E-state index in [1.54, 1.807) is 0 Å². The molecule has 0 unspecified atom stereocenters. The van der Waals surface area contributed by atoms with Gasteiger partial charge in [0.2, 0.25) is 0 Å². The molecule has 22 heavy (non-hydrogen) atoms. The molecule has 4 rings (SSSR count). The van der Waals surface area contributed by atoms with Crippen LogP contribution in [0.4, 0.5) is 0 Å². The Morgan fingerprint density at radius 3 is 2.36 bits per heavy atom. The third-order valence-corrected chi connectivity index (χ3v) is 3.91. The van der Waals surface area contributed by atoms with Crippen LogP contribution in [-0.2, 0) is 6.54 Å². The van der Waals surface area contributed by atoms with E-state index in [4.69, 9.17) is 16.6 Å². The third kappa shape index (κ3) is 2.22. The molecular formula is C17H13ClN4. The Morgan fingerprint density at radius 2 is 1.64 bits per heavy atom. The van der Waals surface area contributed by atoms with Gasteiger partial charge in [-0.1, -0.05) is 35.9 Å². The van der Waals surface area contributed by atoms with Crippen LogP contribution in [0.2, 0.25) is 5.02 Å². The summed E-state index contributed by atoms with van der Waals surface area (Å²) in [7, 11) is 0. The maximum atomic E-state index is 5.93. The molecule has 2 aromatic carbocycles. The van der Waals surface area contributed by atoms with Crippen molar-refractivity contribution in [1.82, 2.24) is 19.7 Å². The summed E-state index contributed by atoms with van der Waals surface area (Å²) in [6.45, 7) is 2.61. The molecule has 0 aliphatic rings. The summed E-state index contributed by atoms with van der Waals surface area (Å²) in [5, 5.41) is 5.32. The van der Waals surface area contributed by atoms with E-state index in [1.165, 1.54) is 0 Å². The van der Waals surface area contributed by atoms with Gasteiger partial charge in [-0.05, 0) is 36.8 Å². The van der Waals surface area contributed by atoms with Crippen LogP contribution >= 0.6 is 11.6 Å². The van der Waals surface area contributed by atoms with E-state index in [0.717, 1.165) is 38.5 Å². The van der Waals surface area contributed by atoms with Gasteiger partial charge < -0.3 is 0 Å². The van der Waals surface area contributed by atoms with Gasteiger partial charge >= 0.3 is 0 Å². The van der Waals surface area contributed by atoms with Gasteiger partial charge in [0.25, 0.3) is 0 Å². The molecule has 4 aromatic rings. The molecule has 0 amide bonds. The molecular weight excluding hydrogens is 296 g/mol. The monoisotopic (exact) mass is 308 g/mol. The van der Waals surface area contributed by atoms with Crippen molar-refractivity contribution < 1.29 is 0 Å². The van der Waals surface area contributed by atoms with Crippen LogP contribution in [0, 0.1) is 6.92 Å². The molecule has 0 atom stereocenters. The first-order valence-electron chi connectivity index (χ1n) is 7.05. The lowest BCUT2D eigenvalue weighted by Gasteiger charge is -2.04. The summed E-state index contributed by atoms with van der Waals surface area (Å²) in [6, 6.07) is 15.6. The molecule has 4 nitrogen and oxygen atoms in total. The first-order chi connectivity index (χ1) is 10.7. The molecule has 0 saturated carbocycles. The van der Waals surface area contributed by atoms with Crippen molar-refractivity contribution in [2.45, 2.75) is 13.5 Å². The number of nitrogens with zero attached hydrogens (tertiary/aromatic N) is 4. The van der Waals surface area contributed by atoms with Gasteiger partial charge in [-0.25, -0.2) is 14.6 Å². The van der Waals surface area contributed by atoms with E-state index in [9.17, 15) is 0 Å². The Hall–Kier alpha value is -2.46. The zero-order valence-corrected chi connectivity index (χ0v) is 12.7. The highest BCUT2D eigenvalue weighted by Gasteiger charge is 2.12. The van der Waals surface area contributed by atoms with Crippen LogP contribution in [0.25, 0.3) is 22.2 Å². The second kappa shape index (κ2) is 5.07. The predicted molar refractivity (Wildman–Crippen MR) is 88.1 cm³/mol. The Balaban J connectivity index is 1.86. The third-order valence-electron chi connectivity index (χ3n) is 3.66. The van der Waals surface area contributed by atoms with Gasteiger partial charge in [0.05, 0.1) is 23.3 Å². The van der Waals surface area contributed by atoms with Crippen molar-refractivity contribution in [1.29, 1.82) is 0 Å². The number of hydrogen-bond donors (Lipinski definition) is 0. The number of aryl methyl sites for hydroxylation is 1. The van der Waals surface area contributed by atoms with Crippen LogP contribution < -0.4 is 0 Å². The zero-order chi connectivity index (χ0) is 15.1. The number of aromatic nitrogens is 4. The van der Waals surface area contributed by atoms with E-state index < -0.39 is 0 Å². The molecule has 0 fully saturated rings. The quantitative estimate of drug-likeness (QED) is 0.562. The van der Waals surface area contributed by atoms with Gasteiger partial charge in [0, 0.05) is 5.02 Å². The van der Waals surface area contributed by atoms with Crippen LogP contribution in [0.5, 0.6) is 0 Å². The molecule has 108 valence electrons. The van der Waals surface area contributed by atoms with Crippen molar-refractivity contribution in [3.05, 3.63) is 64.8 Å². The van der Waals surface area contributed by atoms with Crippen LogP contribution in [0.3, 0.4) is 0 Å². The van der Waals surface area contributed by atoms with E-state index >= 15 is 0 Å². The standard InChI is InChI=1S/C17H13ClN4/c1-11-16-17(20-15-5-3-2-4-14(15)19-16)22(21-11)10-12-6-8-13(18)9-7-12/h2-9H,10H2,1H3. The first kappa shape index (κ1) is 13.2. The van der Waals surface area contributed by atoms with Crippen LogP contribution in [0.15, 0.2) is 48.5 Å². The van der Waals surface area contributed by atoms with E-state index in [-0.39, 0.29) is 0 Å². The maximum Gasteiger partial charge on any atom is 0.178 e. The highest BCUT2D eigenvalue weighted by Crippen LogP contribution is 2.20. The van der Waals surface area contributed by atoms with Gasteiger partial charge in [-0.2, -0.15) is 5.10 Å². The summed E-state index contributed by atoms with van der Waals surface area (Å²) in [5.74, 6) is 0. The van der Waals surface area contributed by atoms with Crippen molar-refractivity contribution in [2.24, 2.45) is 0 Å². The SMILES string of the molecule is Cc1nn(Cc2ccc(Cl)cc2)c2nc3ccccc3nc12. The highest BCUT2D eigenvalue weighted by molar-refractivity contribution is 6.30. The number of halogens is 1. The topological polar surface area (TPSA) is 43.6 Å². The average molecular weight is 309 g/mol.